The van der Waals surface area contributed by atoms with Crippen molar-refractivity contribution >= 4 is 11.6 Å². The molecule has 0 radical (unpaired) electrons. The van der Waals surface area contributed by atoms with Crippen molar-refractivity contribution in [3.05, 3.63) is 28.8 Å². The quantitative estimate of drug-likeness (QED) is 0.903. The van der Waals surface area contributed by atoms with E-state index in [0.29, 0.717) is 6.10 Å². The van der Waals surface area contributed by atoms with Gasteiger partial charge >= 0.3 is 0 Å². The van der Waals surface area contributed by atoms with Gasteiger partial charge in [0.2, 0.25) is 0 Å². The van der Waals surface area contributed by atoms with Crippen LogP contribution in [0.25, 0.3) is 0 Å². The molecule has 0 saturated heterocycles. The number of hydrogen-bond acceptors (Lipinski definition) is 3. The zero-order chi connectivity index (χ0) is 14.5. The van der Waals surface area contributed by atoms with E-state index in [-0.39, 0.29) is 12.1 Å². The monoisotopic (exact) mass is 297 g/mol. The summed E-state index contributed by atoms with van der Waals surface area (Å²) < 4.78 is 11.6. The summed E-state index contributed by atoms with van der Waals surface area (Å²) in [5.74, 6) is 0.911. The average Bonchev–Trinajstić information content (AvgIpc) is 2.41. The Balaban J connectivity index is 2.07. The number of nitrogens with two attached hydrogens (primary N) is 1. The van der Waals surface area contributed by atoms with Crippen LogP contribution in [0.5, 0.6) is 5.75 Å². The summed E-state index contributed by atoms with van der Waals surface area (Å²) in [5.41, 5.74) is 6.99. The molecular formula is C16H24ClNO2. The number of halogens is 1. The van der Waals surface area contributed by atoms with E-state index in [2.05, 4.69) is 0 Å². The van der Waals surface area contributed by atoms with E-state index in [1.807, 2.05) is 25.1 Å². The van der Waals surface area contributed by atoms with Crippen molar-refractivity contribution in [3.63, 3.8) is 0 Å². The molecule has 20 heavy (non-hydrogen) atoms. The van der Waals surface area contributed by atoms with Gasteiger partial charge in [0, 0.05) is 24.6 Å². The lowest BCUT2D eigenvalue weighted by atomic mass is 9.94. The minimum absolute atomic E-state index is 0.0916. The van der Waals surface area contributed by atoms with Crippen LogP contribution in [0, 0.1) is 0 Å². The Bertz CT molecular complexity index is 436. The summed E-state index contributed by atoms with van der Waals surface area (Å²) >= 11 is 6.07. The number of benzene rings is 1. The average molecular weight is 298 g/mol. The van der Waals surface area contributed by atoms with E-state index in [9.17, 15) is 0 Å². The molecule has 0 spiro atoms. The molecule has 112 valence electrons. The van der Waals surface area contributed by atoms with Crippen LogP contribution in [-0.2, 0) is 11.2 Å². The highest BCUT2D eigenvalue weighted by atomic mass is 35.5. The van der Waals surface area contributed by atoms with Crippen LogP contribution in [0.3, 0.4) is 0 Å². The molecule has 4 heteroatoms. The first-order chi connectivity index (χ1) is 9.58. The van der Waals surface area contributed by atoms with E-state index >= 15 is 0 Å². The van der Waals surface area contributed by atoms with Crippen LogP contribution in [-0.4, -0.2) is 25.4 Å². The summed E-state index contributed by atoms with van der Waals surface area (Å²) in [7, 11) is 1.77. The van der Waals surface area contributed by atoms with Gasteiger partial charge in [-0.1, -0.05) is 11.6 Å². The Labute approximate surface area is 126 Å². The van der Waals surface area contributed by atoms with Gasteiger partial charge in [-0.05, 0) is 56.4 Å². The van der Waals surface area contributed by atoms with Crippen LogP contribution in [0.2, 0.25) is 5.02 Å². The molecule has 2 rings (SSSR count). The second-order valence-electron chi connectivity index (χ2n) is 5.70. The van der Waals surface area contributed by atoms with E-state index in [1.54, 1.807) is 7.11 Å². The van der Waals surface area contributed by atoms with E-state index < -0.39 is 0 Å². The predicted octanol–water partition coefficient (Wildman–Crippen LogP) is 3.57. The fraction of sp³-hybridized carbons (Fsp3) is 0.625. The fourth-order valence-electron chi connectivity index (χ4n) is 2.77. The lowest BCUT2D eigenvalue weighted by Crippen LogP contribution is -2.30. The Morgan fingerprint density at radius 1 is 1.35 bits per heavy atom. The largest absolute Gasteiger partial charge is 0.490 e. The van der Waals surface area contributed by atoms with Crippen molar-refractivity contribution in [2.75, 3.05) is 7.11 Å². The molecule has 3 nitrogen and oxygen atoms in total. The minimum atomic E-state index is 0.0916. The summed E-state index contributed by atoms with van der Waals surface area (Å²) in [5, 5.41) is 0.728. The van der Waals surface area contributed by atoms with Crippen molar-refractivity contribution in [3.8, 4) is 5.75 Å². The normalized spacial score (nSPS) is 24.4. The first-order valence-corrected chi connectivity index (χ1v) is 7.69. The number of rotatable bonds is 5. The highest BCUT2D eigenvalue weighted by Crippen LogP contribution is 2.29. The Hall–Kier alpha value is -0.770. The molecule has 3 unspecified atom stereocenters. The van der Waals surface area contributed by atoms with Crippen LogP contribution in [0.1, 0.15) is 38.2 Å². The van der Waals surface area contributed by atoms with Gasteiger partial charge in [0.15, 0.2) is 0 Å². The topological polar surface area (TPSA) is 44.5 Å². The molecule has 0 bridgehead atoms. The number of ether oxygens (including phenoxy) is 2. The van der Waals surface area contributed by atoms with Crippen LogP contribution in [0.4, 0.5) is 0 Å². The summed E-state index contributed by atoms with van der Waals surface area (Å²) in [6.45, 7) is 1.99. The third kappa shape index (κ3) is 4.37. The lowest BCUT2D eigenvalue weighted by molar-refractivity contribution is 0.0206. The maximum absolute atomic E-state index is 6.18. The maximum Gasteiger partial charge on any atom is 0.123 e. The van der Waals surface area contributed by atoms with Gasteiger partial charge in [-0.2, -0.15) is 0 Å². The molecule has 1 aliphatic carbocycles. The van der Waals surface area contributed by atoms with E-state index in [1.165, 1.54) is 0 Å². The first kappa shape index (κ1) is 15.6. The fourth-order valence-corrected chi connectivity index (χ4v) is 2.97. The third-order valence-electron chi connectivity index (χ3n) is 3.77. The molecule has 0 aliphatic heterocycles. The predicted molar refractivity (Wildman–Crippen MR) is 82.5 cm³/mol. The van der Waals surface area contributed by atoms with Gasteiger partial charge in [-0.25, -0.2) is 0 Å². The van der Waals surface area contributed by atoms with Crippen LogP contribution < -0.4 is 10.5 Å². The highest BCUT2D eigenvalue weighted by Gasteiger charge is 2.23. The van der Waals surface area contributed by atoms with Gasteiger partial charge in [-0.15, -0.1) is 0 Å². The number of methoxy groups -OCH3 is 1. The van der Waals surface area contributed by atoms with Crippen molar-refractivity contribution in [1.82, 2.24) is 0 Å². The molecule has 1 aliphatic rings. The molecule has 0 amide bonds. The summed E-state index contributed by atoms with van der Waals surface area (Å²) in [4.78, 5) is 0. The van der Waals surface area contributed by atoms with E-state index in [4.69, 9.17) is 26.8 Å². The van der Waals surface area contributed by atoms with Crippen molar-refractivity contribution in [2.24, 2.45) is 5.73 Å². The summed E-state index contributed by atoms with van der Waals surface area (Å²) in [6, 6.07) is 5.87. The number of hydrogen-bond donors (Lipinski definition) is 1. The molecule has 1 aromatic carbocycles. The zero-order valence-corrected chi connectivity index (χ0v) is 13.0. The molecular weight excluding hydrogens is 274 g/mol. The second kappa shape index (κ2) is 7.30. The molecule has 1 aromatic rings. The smallest absolute Gasteiger partial charge is 0.123 e. The van der Waals surface area contributed by atoms with Crippen LogP contribution in [0.15, 0.2) is 18.2 Å². The summed E-state index contributed by atoms with van der Waals surface area (Å²) in [6.07, 6.45) is 5.63. The molecule has 0 heterocycles. The van der Waals surface area contributed by atoms with Gasteiger partial charge in [0.1, 0.15) is 11.9 Å². The van der Waals surface area contributed by atoms with Crippen molar-refractivity contribution in [1.29, 1.82) is 0 Å². The Morgan fingerprint density at radius 2 is 2.10 bits per heavy atom. The van der Waals surface area contributed by atoms with Crippen molar-refractivity contribution < 1.29 is 9.47 Å². The Kier molecular flexibility index (Phi) is 5.70. The zero-order valence-electron chi connectivity index (χ0n) is 12.3. The minimum Gasteiger partial charge on any atom is -0.490 e. The van der Waals surface area contributed by atoms with Crippen LogP contribution >= 0.6 is 11.6 Å². The van der Waals surface area contributed by atoms with Gasteiger partial charge in [0.25, 0.3) is 0 Å². The van der Waals surface area contributed by atoms with Crippen molar-refractivity contribution in [2.45, 2.75) is 57.3 Å². The molecule has 2 N–H and O–H groups in total. The maximum atomic E-state index is 6.18. The second-order valence-corrected chi connectivity index (χ2v) is 6.13. The molecule has 0 aromatic heterocycles. The van der Waals surface area contributed by atoms with Gasteiger partial charge in [-0.3, -0.25) is 0 Å². The SMILES string of the molecule is COC1CCCC(Oc2ccc(Cl)cc2CC(C)N)C1. The third-order valence-corrected chi connectivity index (χ3v) is 4.00. The molecule has 1 saturated carbocycles. The lowest BCUT2D eigenvalue weighted by Gasteiger charge is -2.29. The van der Waals surface area contributed by atoms with Gasteiger partial charge in [0.05, 0.1) is 6.10 Å². The standard InChI is InChI=1S/C16H24ClNO2/c1-11(18)8-12-9-13(17)6-7-16(12)20-15-5-3-4-14(10-15)19-2/h6-7,9,11,14-15H,3-5,8,10,18H2,1-2H3. The Morgan fingerprint density at radius 3 is 2.80 bits per heavy atom. The van der Waals surface area contributed by atoms with Gasteiger partial charge < -0.3 is 15.2 Å². The molecule has 3 atom stereocenters. The molecule has 1 fully saturated rings. The highest BCUT2D eigenvalue weighted by molar-refractivity contribution is 6.30. The van der Waals surface area contributed by atoms with E-state index in [0.717, 1.165) is 48.4 Å². The first-order valence-electron chi connectivity index (χ1n) is 7.32.